The Kier molecular flexibility index (Phi) is 8.31. The molecule has 6 heteroatoms. The Labute approximate surface area is 198 Å². The van der Waals surface area contributed by atoms with Crippen molar-refractivity contribution in [1.82, 2.24) is 0 Å². The topological polar surface area (TPSA) is 72.8 Å². The molecule has 33 heavy (non-hydrogen) atoms. The van der Waals surface area contributed by atoms with Crippen molar-refractivity contribution in [3.63, 3.8) is 0 Å². The summed E-state index contributed by atoms with van der Waals surface area (Å²) in [5.74, 6) is 0.461. The van der Waals surface area contributed by atoms with Crippen LogP contribution in [0.4, 0.5) is 0 Å². The van der Waals surface area contributed by atoms with E-state index in [0.717, 1.165) is 22.3 Å². The zero-order chi connectivity index (χ0) is 23.8. The van der Waals surface area contributed by atoms with Crippen LogP contribution in [0, 0.1) is 6.92 Å². The quantitative estimate of drug-likeness (QED) is 0.314. The lowest BCUT2D eigenvalue weighted by Gasteiger charge is -2.27. The van der Waals surface area contributed by atoms with Gasteiger partial charge in [-0.05, 0) is 49.2 Å². The maximum absolute atomic E-state index is 13.2. The highest BCUT2D eigenvalue weighted by Gasteiger charge is 2.37. The van der Waals surface area contributed by atoms with Crippen LogP contribution < -0.4 is 9.47 Å². The molecular weight excluding hydrogens is 436 g/mol. The number of benzene rings is 3. The van der Waals surface area contributed by atoms with E-state index in [1.807, 2.05) is 67.6 Å². The Morgan fingerprint density at radius 1 is 1.06 bits per heavy atom. The van der Waals surface area contributed by atoms with Gasteiger partial charge in [0, 0.05) is 16.9 Å². The lowest BCUT2D eigenvalue weighted by Crippen LogP contribution is -2.35. The van der Waals surface area contributed by atoms with E-state index in [9.17, 15) is 14.7 Å². The number of carbonyl (C=O) groups is 2. The molecule has 0 amide bonds. The fraction of sp³-hybridized carbons (Fsp3) is 0.259. The molecule has 0 aliphatic heterocycles. The lowest BCUT2D eigenvalue weighted by molar-refractivity contribution is -0.137. The summed E-state index contributed by atoms with van der Waals surface area (Å²) < 4.78 is 11.4. The van der Waals surface area contributed by atoms with Gasteiger partial charge >= 0.3 is 0 Å². The maximum atomic E-state index is 13.2. The normalized spacial score (nSPS) is 13.6. The minimum atomic E-state index is -1.87. The summed E-state index contributed by atoms with van der Waals surface area (Å²) in [6.07, 6.45) is 0.624. The number of hydrogen-bond donors (Lipinski definition) is 1. The van der Waals surface area contributed by atoms with Gasteiger partial charge in [-0.15, -0.1) is 11.8 Å². The van der Waals surface area contributed by atoms with Gasteiger partial charge in [0.2, 0.25) is 0 Å². The molecule has 5 nitrogen and oxygen atoms in total. The van der Waals surface area contributed by atoms with E-state index in [4.69, 9.17) is 9.47 Å². The Morgan fingerprint density at radius 2 is 1.70 bits per heavy atom. The predicted molar refractivity (Wildman–Crippen MR) is 130 cm³/mol. The number of aliphatic hydroxyl groups is 1. The molecule has 0 aliphatic carbocycles. The number of methoxy groups -OCH3 is 1. The van der Waals surface area contributed by atoms with Crippen molar-refractivity contribution in [3.8, 4) is 11.5 Å². The van der Waals surface area contributed by atoms with E-state index in [2.05, 4.69) is 0 Å². The number of aryl methyl sites for hydroxylation is 1. The molecule has 0 bridgehead atoms. The minimum Gasteiger partial charge on any atom is -0.496 e. The molecule has 3 aromatic carbocycles. The lowest BCUT2D eigenvalue weighted by atomic mass is 9.87. The third-order valence-corrected chi connectivity index (χ3v) is 6.50. The SMILES string of the molecule is COc1cc([C@](C)(O)C(=O)CC(C=O)Sc2ccccc2)c(OCc2ccccc2)cc1C. The van der Waals surface area contributed by atoms with Crippen LogP contribution in [0.2, 0.25) is 0 Å². The monoisotopic (exact) mass is 464 g/mol. The van der Waals surface area contributed by atoms with Crippen LogP contribution in [0.3, 0.4) is 0 Å². The molecular formula is C27H28O5S. The molecule has 0 saturated heterocycles. The maximum Gasteiger partial charge on any atom is 0.170 e. The van der Waals surface area contributed by atoms with Crippen molar-refractivity contribution in [2.75, 3.05) is 7.11 Å². The van der Waals surface area contributed by atoms with Crippen LogP contribution >= 0.6 is 11.8 Å². The van der Waals surface area contributed by atoms with Crippen LogP contribution in [0.5, 0.6) is 11.5 Å². The van der Waals surface area contributed by atoms with E-state index in [1.165, 1.54) is 25.8 Å². The van der Waals surface area contributed by atoms with Crippen molar-refractivity contribution in [2.24, 2.45) is 0 Å². The van der Waals surface area contributed by atoms with Gasteiger partial charge in [0.05, 0.1) is 12.4 Å². The Hall–Kier alpha value is -3.09. The Balaban J connectivity index is 1.86. The third kappa shape index (κ3) is 6.24. The zero-order valence-corrected chi connectivity index (χ0v) is 19.8. The van der Waals surface area contributed by atoms with Crippen LogP contribution in [-0.4, -0.2) is 29.5 Å². The highest BCUT2D eigenvalue weighted by Crippen LogP contribution is 2.38. The van der Waals surface area contributed by atoms with Crippen LogP contribution in [-0.2, 0) is 21.8 Å². The van der Waals surface area contributed by atoms with Gasteiger partial charge in [-0.1, -0.05) is 48.5 Å². The number of carbonyl (C=O) groups excluding carboxylic acids is 2. The first kappa shape index (κ1) is 24.6. The van der Waals surface area contributed by atoms with Gasteiger partial charge in [0.25, 0.3) is 0 Å². The van der Waals surface area contributed by atoms with Gasteiger partial charge in [0.1, 0.15) is 30.0 Å². The molecule has 0 radical (unpaired) electrons. The molecule has 1 unspecified atom stereocenters. The summed E-state index contributed by atoms with van der Waals surface area (Å²) in [7, 11) is 1.53. The van der Waals surface area contributed by atoms with E-state index in [-0.39, 0.29) is 13.0 Å². The van der Waals surface area contributed by atoms with Gasteiger partial charge in [-0.2, -0.15) is 0 Å². The van der Waals surface area contributed by atoms with Crippen molar-refractivity contribution in [2.45, 2.75) is 42.6 Å². The molecule has 1 N–H and O–H groups in total. The summed E-state index contributed by atoms with van der Waals surface area (Å²) in [4.78, 5) is 25.8. The fourth-order valence-electron chi connectivity index (χ4n) is 3.44. The summed E-state index contributed by atoms with van der Waals surface area (Å²) in [5, 5.41) is 10.7. The Bertz CT molecular complexity index is 1080. The van der Waals surface area contributed by atoms with Crippen molar-refractivity contribution < 1.29 is 24.2 Å². The first-order valence-corrected chi connectivity index (χ1v) is 11.5. The first-order chi connectivity index (χ1) is 15.8. The Morgan fingerprint density at radius 3 is 2.30 bits per heavy atom. The average molecular weight is 465 g/mol. The second-order valence-corrected chi connectivity index (χ2v) is 9.21. The summed E-state index contributed by atoms with van der Waals surface area (Å²) in [6.45, 7) is 3.59. The van der Waals surface area contributed by atoms with Crippen molar-refractivity contribution in [1.29, 1.82) is 0 Å². The van der Waals surface area contributed by atoms with Gasteiger partial charge in [-0.3, -0.25) is 4.79 Å². The highest BCUT2D eigenvalue weighted by atomic mass is 32.2. The fourth-order valence-corrected chi connectivity index (χ4v) is 4.39. The number of hydrogen-bond acceptors (Lipinski definition) is 6. The first-order valence-electron chi connectivity index (χ1n) is 10.6. The summed E-state index contributed by atoms with van der Waals surface area (Å²) in [6, 6.07) is 22.4. The molecule has 3 rings (SSSR count). The molecule has 2 atom stereocenters. The number of rotatable bonds is 11. The molecule has 0 aromatic heterocycles. The van der Waals surface area contributed by atoms with Crippen LogP contribution in [0.25, 0.3) is 0 Å². The smallest absolute Gasteiger partial charge is 0.170 e. The molecule has 0 fully saturated rings. The molecule has 0 saturated carbocycles. The second-order valence-electron chi connectivity index (χ2n) is 7.90. The molecule has 172 valence electrons. The van der Waals surface area contributed by atoms with Crippen LogP contribution in [0.1, 0.15) is 30.0 Å². The number of thioether (sulfide) groups is 1. The van der Waals surface area contributed by atoms with Gasteiger partial charge < -0.3 is 19.4 Å². The molecule has 0 aliphatic rings. The van der Waals surface area contributed by atoms with Crippen LogP contribution in [0.15, 0.2) is 77.7 Å². The number of ketones is 1. The minimum absolute atomic E-state index is 0.121. The second kappa shape index (κ2) is 11.2. The molecule has 0 spiro atoms. The zero-order valence-electron chi connectivity index (χ0n) is 19.0. The largest absolute Gasteiger partial charge is 0.496 e. The number of aldehydes is 1. The van der Waals surface area contributed by atoms with E-state index in [0.29, 0.717) is 17.1 Å². The average Bonchev–Trinajstić information content (AvgIpc) is 2.83. The summed E-state index contributed by atoms with van der Waals surface area (Å²) in [5.41, 5.74) is 0.215. The van der Waals surface area contributed by atoms with Gasteiger partial charge in [-0.25, -0.2) is 0 Å². The summed E-state index contributed by atoms with van der Waals surface area (Å²) >= 11 is 1.29. The van der Waals surface area contributed by atoms with Crippen molar-refractivity contribution in [3.05, 3.63) is 89.5 Å². The predicted octanol–water partition coefficient (Wildman–Crippen LogP) is 5.11. The van der Waals surface area contributed by atoms with Crippen molar-refractivity contribution >= 4 is 23.8 Å². The highest BCUT2D eigenvalue weighted by molar-refractivity contribution is 8.00. The molecule has 3 aromatic rings. The number of Topliss-reactive ketones (excluding diaryl/α,β-unsaturated/α-hetero) is 1. The number of ether oxygens (including phenoxy) is 2. The van der Waals surface area contributed by atoms with E-state index < -0.39 is 16.6 Å². The third-order valence-electron chi connectivity index (χ3n) is 5.37. The van der Waals surface area contributed by atoms with Gasteiger partial charge in [0.15, 0.2) is 5.78 Å². The molecule has 0 heterocycles. The standard InChI is InChI=1S/C27H28O5S/c1-19-14-25(32-18-20-10-6-4-7-11-20)23(16-24(19)31-3)27(2,30)26(29)15-22(17-28)33-21-12-8-5-9-13-21/h4-14,16-17,22,30H,15,18H2,1-3H3/t22?,27-/m0/s1. The van der Waals surface area contributed by atoms with E-state index in [1.54, 1.807) is 12.1 Å². The van der Waals surface area contributed by atoms with E-state index >= 15 is 0 Å².